The molecule has 0 amide bonds. The zero-order valence-electron chi connectivity index (χ0n) is 17.2. The summed E-state index contributed by atoms with van der Waals surface area (Å²) >= 11 is 1.57. The highest BCUT2D eigenvalue weighted by Gasteiger charge is 2.50. The van der Waals surface area contributed by atoms with Gasteiger partial charge in [-0.25, -0.2) is 0 Å². The van der Waals surface area contributed by atoms with E-state index in [1.54, 1.807) is 18.9 Å². The molecule has 30 heavy (non-hydrogen) atoms. The van der Waals surface area contributed by atoms with Gasteiger partial charge in [0.2, 0.25) is 0 Å². The van der Waals surface area contributed by atoms with E-state index in [9.17, 15) is 5.11 Å². The molecule has 0 spiro atoms. The lowest BCUT2D eigenvalue weighted by Gasteiger charge is -2.47. The molecule has 2 saturated heterocycles. The van der Waals surface area contributed by atoms with Crippen molar-refractivity contribution in [2.75, 3.05) is 19.5 Å². The SMILES string of the molecule is CCS[C@@H]1O[C@@H]2COC(c3ccc(OC)cc3)O[C@H]2[C@H](OCc2ccccc2)[C@H]1O. The Morgan fingerprint density at radius 3 is 2.53 bits per heavy atom. The summed E-state index contributed by atoms with van der Waals surface area (Å²) in [6.45, 7) is 2.81. The van der Waals surface area contributed by atoms with Crippen LogP contribution in [0.1, 0.15) is 24.3 Å². The maximum Gasteiger partial charge on any atom is 0.184 e. The Morgan fingerprint density at radius 1 is 1.07 bits per heavy atom. The fourth-order valence-corrected chi connectivity index (χ4v) is 4.65. The minimum Gasteiger partial charge on any atom is -0.497 e. The van der Waals surface area contributed by atoms with Gasteiger partial charge in [0.25, 0.3) is 0 Å². The minimum absolute atomic E-state index is 0.298. The van der Waals surface area contributed by atoms with Crippen molar-refractivity contribution in [1.82, 2.24) is 0 Å². The Morgan fingerprint density at radius 2 is 1.83 bits per heavy atom. The molecule has 1 N–H and O–H groups in total. The van der Waals surface area contributed by atoms with Crippen molar-refractivity contribution in [3.8, 4) is 5.75 Å². The summed E-state index contributed by atoms with van der Waals surface area (Å²) in [4.78, 5) is 0. The number of methoxy groups -OCH3 is 1. The minimum atomic E-state index is -0.797. The van der Waals surface area contributed by atoms with E-state index >= 15 is 0 Å². The summed E-state index contributed by atoms with van der Waals surface area (Å²) in [6, 6.07) is 17.5. The number of hydrogen-bond donors (Lipinski definition) is 1. The number of benzene rings is 2. The van der Waals surface area contributed by atoms with Crippen LogP contribution in [0.15, 0.2) is 54.6 Å². The largest absolute Gasteiger partial charge is 0.497 e. The molecule has 1 unspecified atom stereocenters. The lowest BCUT2D eigenvalue weighted by atomic mass is 9.98. The fourth-order valence-electron chi connectivity index (χ4n) is 3.75. The average molecular weight is 433 g/mol. The van der Waals surface area contributed by atoms with E-state index in [1.807, 2.05) is 61.5 Å². The molecular weight excluding hydrogens is 404 g/mol. The van der Waals surface area contributed by atoms with Gasteiger partial charge in [0, 0.05) is 5.56 Å². The first-order valence-corrected chi connectivity index (χ1v) is 11.3. The number of fused-ring (bicyclic) bond motifs is 1. The van der Waals surface area contributed by atoms with Gasteiger partial charge in [-0.05, 0) is 23.4 Å². The van der Waals surface area contributed by atoms with Crippen LogP contribution in [-0.2, 0) is 25.6 Å². The van der Waals surface area contributed by atoms with Gasteiger partial charge in [-0.1, -0.05) is 49.4 Å². The first kappa shape index (κ1) is 21.6. The molecule has 0 aliphatic carbocycles. The van der Waals surface area contributed by atoms with Crippen LogP contribution in [0.25, 0.3) is 0 Å². The predicted molar refractivity (Wildman–Crippen MR) is 114 cm³/mol. The number of aliphatic hydroxyl groups is 1. The van der Waals surface area contributed by atoms with E-state index in [4.69, 9.17) is 23.7 Å². The highest BCUT2D eigenvalue weighted by molar-refractivity contribution is 7.99. The van der Waals surface area contributed by atoms with Crippen LogP contribution in [0.2, 0.25) is 0 Å². The van der Waals surface area contributed by atoms with Gasteiger partial charge in [-0.15, -0.1) is 11.8 Å². The summed E-state index contributed by atoms with van der Waals surface area (Å²) < 4.78 is 29.7. The van der Waals surface area contributed by atoms with Crippen LogP contribution in [0, 0.1) is 0 Å². The molecule has 2 aromatic rings. The van der Waals surface area contributed by atoms with Crippen molar-refractivity contribution < 1.29 is 28.8 Å². The van der Waals surface area contributed by atoms with E-state index in [0.29, 0.717) is 13.2 Å². The molecular formula is C23H28O6S. The third-order valence-electron chi connectivity index (χ3n) is 5.31. The molecule has 2 fully saturated rings. The Hall–Kier alpha value is -1.61. The quantitative estimate of drug-likeness (QED) is 0.718. The van der Waals surface area contributed by atoms with Gasteiger partial charge >= 0.3 is 0 Å². The molecule has 2 heterocycles. The van der Waals surface area contributed by atoms with Gasteiger partial charge in [0.1, 0.15) is 35.6 Å². The number of thioether (sulfide) groups is 1. The second-order valence-electron chi connectivity index (χ2n) is 7.29. The molecule has 7 heteroatoms. The molecule has 162 valence electrons. The number of aliphatic hydroxyl groups excluding tert-OH is 1. The molecule has 0 saturated carbocycles. The monoisotopic (exact) mass is 432 g/mol. The standard InChI is InChI=1S/C23H28O6S/c1-3-30-23-19(24)21(26-13-15-7-5-4-6-8-15)20-18(28-23)14-27-22(29-20)16-9-11-17(25-2)12-10-16/h4-12,18-24H,3,13-14H2,1-2H3/t18-,19-,20-,21-,22?,23+/m1/s1. The molecule has 6 nitrogen and oxygen atoms in total. The number of hydrogen-bond acceptors (Lipinski definition) is 7. The van der Waals surface area contributed by atoms with Crippen molar-refractivity contribution in [2.45, 2.75) is 49.7 Å². The van der Waals surface area contributed by atoms with E-state index < -0.39 is 24.6 Å². The second kappa shape index (κ2) is 10.1. The molecule has 0 radical (unpaired) electrons. The number of ether oxygens (including phenoxy) is 5. The van der Waals surface area contributed by atoms with Crippen molar-refractivity contribution in [1.29, 1.82) is 0 Å². The summed E-state index contributed by atoms with van der Waals surface area (Å²) in [7, 11) is 1.63. The van der Waals surface area contributed by atoms with Gasteiger partial charge < -0.3 is 28.8 Å². The highest BCUT2D eigenvalue weighted by atomic mass is 32.2. The summed E-state index contributed by atoms with van der Waals surface area (Å²) in [5, 5.41) is 11.0. The molecule has 6 atom stereocenters. The summed E-state index contributed by atoms with van der Waals surface area (Å²) in [5.74, 6) is 1.60. The van der Waals surface area contributed by atoms with E-state index in [0.717, 1.165) is 22.6 Å². The Labute approximate surface area is 181 Å². The van der Waals surface area contributed by atoms with Crippen molar-refractivity contribution >= 4 is 11.8 Å². The van der Waals surface area contributed by atoms with Gasteiger partial charge in [-0.2, -0.15) is 0 Å². The Bertz CT molecular complexity index is 786. The third kappa shape index (κ3) is 4.82. The van der Waals surface area contributed by atoms with Crippen molar-refractivity contribution in [3.05, 3.63) is 65.7 Å². The van der Waals surface area contributed by atoms with Crippen LogP contribution in [0.3, 0.4) is 0 Å². The van der Waals surface area contributed by atoms with Crippen LogP contribution in [-0.4, -0.2) is 54.4 Å². The lowest BCUT2D eigenvalue weighted by molar-refractivity contribution is -0.325. The Kier molecular flexibility index (Phi) is 7.30. The van der Waals surface area contributed by atoms with Gasteiger partial charge in [0.15, 0.2) is 6.29 Å². The average Bonchev–Trinajstić information content (AvgIpc) is 2.80. The second-order valence-corrected chi connectivity index (χ2v) is 8.66. The van der Waals surface area contributed by atoms with Crippen LogP contribution < -0.4 is 4.74 Å². The zero-order valence-corrected chi connectivity index (χ0v) is 18.0. The van der Waals surface area contributed by atoms with Crippen molar-refractivity contribution in [3.63, 3.8) is 0 Å². The van der Waals surface area contributed by atoms with Crippen LogP contribution >= 0.6 is 11.8 Å². The van der Waals surface area contributed by atoms with Gasteiger partial charge in [-0.3, -0.25) is 0 Å². The normalized spacial score (nSPS) is 31.2. The topological polar surface area (TPSA) is 66.4 Å². The molecule has 2 aromatic carbocycles. The van der Waals surface area contributed by atoms with Crippen molar-refractivity contribution in [2.24, 2.45) is 0 Å². The molecule has 0 aromatic heterocycles. The summed E-state index contributed by atoms with van der Waals surface area (Å²) in [5.41, 5.74) is 1.56. The third-order valence-corrected chi connectivity index (χ3v) is 6.36. The zero-order chi connectivity index (χ0) is 20.9. The maximum absolute atomic E-state index is 11.0. The first-order chi connectivity index (χ1) is 14.7. The lowest BCUT2D eigenvalue weighted by Crippen LogP contribution is -2.61. The first-order valence-electron chi connectivity index (χ1n) is 10.2. The smallest absolute Gasteiger partial charge is 0.184 e. The molecule has 2 aliphatic rings. The van der Waals surface area contributed by atoms with E-state index in [1.165, 1.54) is 0 Å². The summed E-state index contributed by atoms with van der Waals surface area (Å²) in [6.07, 6.45) is -2.59. The molecule has 0 bridgehead atoms. The highest BCUT2D eigenvalue weighted by Crippen LogP contribution is 2.38. The molecule has 2 aliphatic heterocycles. The van der Waals surface area contributed by atoms with E-state index in [2.05, 4.69) is 0 Å². The number of rotatable bonds is 7. The fraction of sp³-hybridized carbons (Fsp3) is 0.478. The van der Waals surface area contributed by atoms with E-state index in [-0.39, 0.29) is 11.5 Å². The van der Waals surface area contributed by atoms with Crippen LogP contribution in [0.5, 0.6) is 5.75 Å². The Balaban J connectivity index is 1.51. The molecule has 4 rings (SSSR count). The van der Waals surface area contributed by atoms with Gasteiger partial charge in [0.05, 0.1) is 20.3 Å². The van der Waals surface area contributed by atoms with Crippen LogP contribution in [0.4, 0.5) is 0 Å². The maximum atomic E-state index is 11.0. The predicted octanol–water partition coefficient (Wildman–Crippen LogP) is 3.53.